The van der Waals surface area contributed by atoms with Crippen molar-refractivity contribution in [3.8, 4) is 0 Å². The summed E-state index contributed by atoms with van der Waals surface area (Å²) < 4.78 is 0. The lowest BCUT2D eigenvalue weighted by molar-refractivity contribution is -0.121. The van der Waals surface area contributed by atoms with Gasteiger partial charge in [-0.1, -0.05) is 20.8 Å². The highest BCUT2D eigenvalue weighted by atomic mass is 16.2. The van der Waals surface area contributed by atoms with Crippen LogP contribution in [-0.4, -0.2) is 30.7 Å². The summed E-state index contributed by atoms with van der Waals surface area (Å²) in [4.78, 5) is 10.8. The first-order valence-corrected chi connectivity index (χ1v) is 5.50. The Kier molecular flexibility index (Phi) is 6.52. The number of aliphatic hydroxyl groups is 1. The Morgan fingerprint density at radius 3 is 2.60 bits per heavy atom. The third kappa shape index (κ3) is 7.33. The van der Waals surface area contributed by atoms with Crippen LogP contribution in [0.25, 0.3) is 0 Å². The highest BCUT2D eigenvalue weighted by molar-refractivity contribution is 5.76. The maximum Gasteiger partial charge on any atom is 0.221 e. The molecule has 4 nitrogen and oxygen atoms in total. The standard InChI is InChI=1S/C11H24N2O2/c1-9(10(12)15)7-13-8-11(2,3)5-4-6-14/h9,13-14H,4-8H2,1-3H3,(H2,12,15). The van der Waals surface area contributed by atoms with Gasteiger partial charge in [0.2, 0.25) is 5.91 Å². The lowest BCUT2D eigenvalue weighted by atomic mass is 9.88. The van der Waals surface area contributed by atoms with E-state index in [2.05, 4.69) is 19.2 Å². The first-order valence-electron chi connectivity index (χ1n) is 5.50. The second kappa shape index (κ2) is 6.80. The van der Waals surface area contributed by atoms with Gasteiger partial charge in [0, 0.05) is 25.6 Å². The molecule has 0 spiro atoms. The van der Waals surface area contributed by atoms with Crippen LogP contribution >= 0.6 is 0 Å². The molecule has 1 amide bonds. The lowest BCUT2D eigenvalue weighted by Crippen LogP contribution is -2.36. The summed E-state index contributed by atoms with van der Waals surface area (Å²) in [5, 5.41) is 12.0. The Morgan fingerprint density at radius 2 is 2.13 bits per heavy atom. The molecule has 0 heterocycles. The van der Waals surface area contributed by atoms with Gasteiger partial charge in [0.15, 0.2) is 0 Å². The van der Waals surface area contributed by atoms with Gasteiger partial charge in [-0.2, -0.15) is 0 Å². The minimum Gasteiger partial charge on any atom is -0.396 e. The number of amides is 1. The van der Waals surface area contributed by atoms with Crippen molar-refractivity contribution in [2.45, 2.75) is 33.6 Å². The van der Waals surface area contributed by atoms with Crippen molar-refractivity contribution in [2.24, 2.45) is 17.1 Å². The van der Waals surface area contributed by atoms with Gasteiger partial charge in [-0.15, -0.1) is 0 Å². The van der Waals surface area contributed by atoms with Crippen molar-refractivity contribution in [3.63, 3.8) is 0 Å². The van der Waals surface area contributed by atoms with Crippen molar-refractivity contribution in [1.82, 2.24) is 5.32 Å². The Labute approximate surface area is 92.2 Å². The maximum atomic E-state index is 10.8. The number of hydrogen-bond acceptors (Lipinski definition) is 3. The molecule has 0 aliphatic carbocycles. The van der Waals surface area contributed by atoms with Crippen LogP contribution in [0.2, 0.25) is 0 Å². The monoisotopic (exact) mass is 216 g/mol. The number of aliphatic hydroxyl groups excluding tert-OH is 1. The minimum atomic E-state index is -0.268. The van der Waals surface area contributed by atoms with E-state index in [0.29, 0.717) is 6.54 Å². The summed E-state index contributed by atoms with van der Waals surface area (Å²) in [6.07, 6.45) is 1.79. The Balaban J connectivity index is 3.69. The molecule has 0 radical (unpaired) electrons. The summed E-state index contributed by atoms with van der Waals surface area (Å²) >= 11 is 0. The van der Waals surface area contributed by atoms with Crippen LogP contribution in [0.4, 0.5) is 0 Å². The minimum absolute atomic E-state index is 0.126. The highest BCUT2D eigenvalue weighted by Gasteiger charge is 2.17. The normalized spacial score (nSPS) is 13.9. The van der Waals surface area contributed by atoms with Crippen molar-refractivity contribution in [1.29, 1.82) is 0 Å². The molecule has 0 saturated heterocycles. The predicted molar refractivity (Wildman–Crippen MR) is 61.3 cm³/mol. The number of primary amides is 1. The zero-order chi connectivity index (χ0) is 11.9. The number of hydrogen-bond donors (Lipinski definition) is 3. The largest absolute Gasteiger partial charge is 0.396 e. The Morgan fingerprint density at radius 1 is 1.53 bits per heavy atom. The quantitative estimate of drug-likeness (QED) is 0.553. The molecule has 0 aliphatic heterocycles. The van der Waals surface area contributed by atoms with Crippen LogP contribution < -0.4 is 11.1 Å². The van der Waals surface area contributed by atoms with E-state index < -0.39 is 0 Å². The van der Waals surface area contributed by atoms with E-state index in [1.807, 2.05) is 6.92 Å². The molecule has 0 aliphatic rings. The number of carbonyl (C=O) groups excluding carboxylic acids is 1. The molecule has 0 saturated carbocycles. The van der Waals surface area contributed by atoms with Gasteiger partial charge in [0.25, 0.3) is 0 Å². The molecular weight excluding hydrogens is 192 g/mol. The van der Waals surface area contributed by atoms with Gasteiger partial charge in [-0.25, -0.2) is 0 Å². The van der Waals surface area contributed by atoms with E-state index in [-0.39, 0.29) is 23.8 Å². The van der Waals surface area contributed by atoms with Gasteiger partial charge in [0.1, 0.15) is 0 Å². The summed E-state index contributed by atoms with van der Waals surface area (Å²) in [6, 6.07) is 0. The molecule has 1 unspecified atom stereocenters. The summed E-state index contributed by atoms with van der Waals surface area (Å²) in [7, 11) is 0. The molecule has 1 atom stereocenters. The molecule has 90 valence electrons. The zero-order valence-corrected chi connectivity index (χ0v) is 10.0. The fourth-order valence-corrected chi connectivity index (χ4v) is 1.37. The van der Waals surface area contributed by atoms with Crippen molar-refractivity contribution in [3.05, 3.63) is 0 Å². The molecule has 0 fully saturated rings. The molecular formula is C11H24N2O2. The smallest absolute Gasteiger partial charge is 0.221 e. The number of rotatable bonds is 8. The van der Waals surface area contributed by atoms with Crippen LogP contribution in [-0.2, 0) is 4.79 Å². The van der Waals surface area contributed by atoms with E-state index in [1.54, 1.807) is 0 Å². The molecule has 4 heteroatoms. The van der Waals surface area contributed by atoms with Gasteiger partial charge in [0.05, 0.1) is 0 Å². The lowest BCUT2D eigenvalue weighted by Gasteiger charge is -2.25. The molecule has 4 N–H and O–H groups in total. The first-order chi connectivity index (χ1) is 6.89. The average Bonchev–Trinajstić information content (AvgIpc) is 2.14. The van der Waals surface area contributed by atoms with Crippen LogP contribution in [0.15, 0.2) is 0 Å². The zero-order valence-electron chi connectivity index (χ0n) is 10.0. The second-order valence-electron chi connectivity index (χ2n) is 4.93. The highest BCUT2D eigenvalue weighted by Crippen LogP contribution is 2.20. The molecule has 0 aromatic heterocycles. The van der Waals surface area contributed by atoms with Gasteiger partial charge >= 0.3 is 0 Å². The molecule has 0 rings (SSSR count). The number of nitrogens with one attached hydrogen (secondary N) is 1. The fraction of sp³-hybridized carbons (Fsp3) is 0.909. The van der Waals surface area contributed by atoms with E-state index >= 15 is 0 Å². The fourth-order valence-electron chi connectivity index (χ4n) is 1.37. The summed E-state index contributed by atoms with van der Waals surface area (Å²) in [6.45, 7) is 7.80. The van der Waals surface area contributed by atoms with E-state index in [4.69, 9.17) is 10.8 Å². The molecule has 0 bridgehead atoms. The maximum absolute atomic E-state index is 10.8. The van der Waals surface area contributed by atoms with E-state index in [1.165, 1.54) is 0 Å². The van der Waals surface area contributed by atoms with Crippen LogP contribution in [0.3, 0.4) is 0 Å². The second-order valence-corrected chi connectivity index (χ2v) is 4.93. The van der Waals surface area contributed by atoms with Crippen molar-refractivity contribution >= 4 is 5.91 Å². The number of carbonyl (C=O) groups is 1. The Bertz CT molecular complexity index is 193. The van der Waals surface area contributed by atoms with Gasteiger partial charge in [-0.05, 0) is 18.3 Å². The SMILES string of the molecule is CC(CNCC(C)(C)CCCO)C(N)=O. The van der Waals surface area contributed by atoms with Crippen molar-refractivity contribution < 1.29 is 9.90 Å². The Hall–Kier alpha value is -0.610. The average molecular weight is 216 g/mol. The van der Waals surface area contributed by atoms with Gasteiger partial charge < -0.3 is 16.2 Å². The van der Waals surface area contributed by atoms with Crippen LogP contribution in [0.1, 0.15) is 33.6 Å². The predicted octanol–water partition coefficient (Wildman–Crippen LogP) is 0.496. The molecule has 0 aromatic carbocycles. The van der Waals surface area contributed by atoms with Gasteiger partial charge in [-0.3, -0.25) is 4.79 Å². The van der Waals surface area contributed by atoms with Crippen LogP contribution in [0.5, 0.6) is 0 Å². The molecule has 15 heavy (non-hydrogen) atoms. The van der Waals surface area contributed by atoms with Crippen molar-refractivity contribution in [2.75, 3.05) is 19.7 Å². The first kappa shape index (κ1) is 14.4. The summed E-state index contributed by atoms with van der Waals surface area (Å²) in [5.74, 6) is -0.394. The summed E-state index contributed by atoms with van der Waals surface area (Å²) in [5.41, 5.74) is 5.31. The third-order valence-electron chi connectivity index (χ3n) is 2.55. The molecule has 0 aromatic rings. The van der Waals surface area contributed by atoms with Crippen LogP contribution in [0, 0.1) is 11.3 Å². The topological polar surface area (TPSA) is 75.3 Å². The van der Waals surface area contributed by atoms with E-state index in [0.717, 1.165) is 19.4 Å². The third-order valence-corrected chi connectivity index (χ3v) is 2.55. The van der Waals surface area contributed by atoms with E-state index in [9.17, 15) is 4.79 Å². The number of nitrogens with two attached hydrogens (primary N) is 1.